The van der Waals surface area contributed by atoms with Crippen LogP contribution in [0.2, 0.25) is 0 Å². The maximum atomic E-state index is 11.3. The molecule has 0 aromatic carbocycles. The summed E-state index contributed by atoms with van der Waals surface area (Å²) in [5, 5.41) is 20.3. The van der Waals surface area contributed by atoms with Gasteiger partial charge in [0, 0.05) is 49.8 Å². The molecular formula is C29H34N6O4. The van der Waals surface area contributed by atoms with Crippen molar-refractivity contribution in [1.82, 2.24) is 29.5 Å². The van der Waals surface area contributed by atoms with Crippen molar-refractivity contribution in [2.45, 2.75) is 52.2 Å². The lowest BCUT2D eigenvalue weighted by Gasteiger charge is -2.32. The van der Waals surface area contributed by atoms with E-state index in [4.69, 9.17) is 29.1 Å². The van der Waals surface area contributed by atoms with Crippen molar-refractivity contribution >= 4 is 22.1 Å². The summed E-state index contributed by atoms with van der Waals surface area (Å²) in [5.74, 6) is 1.72. The number of methoxy groups -OCH3 is 1. The predicted molar refractivity (Wildman–Crippen MR) is 147 cm³/mol. The van der Waals surface area contributed by atoms with Crippen LogP contribution in [-0.2, 0) is 17.4 Å². The number of fused-ring (bicyclic) bond motifs is 3. The Balaban J connectivity index is 1.73. The van der Waals surface area contributed by atoms with Gasteiger partial charge in [-0.25, -0.2) is 0 Å². The Labute approximate surface area is 226 Å². The number of ether oxygens (including phenoxy) is 2. The molecule has 5 aromatic heterocycles. The van der Waals surface area contributed by atoms with Crippen LogP contribution in [0.3, 0.4) is 0 Å². The van der Waals surface area contributed by atoms with Crippen LogP contribution < -0.4 is 4.74 Å². The van der Waals surface area contributed by atoms with Gasteiger partial charge >= 0.3 is 0 Å². The summed E-state index contributed by atoms with van der Waals surface area (Å²) in [4.78, 5) is 9.83. The van der Waals surface area contributed by atoms with Crippen molar-refractivity contribution in [2.75, 3.05) is 20.3 Å². The lowest BCUT2D eigenvalue weighted by molar-refractivity contribution is 0.0542. The van der Waals surface area contributed by atoms with Gasteiger partial charge in [0.25, 0.3) is 0 Å². The summed E-state index contributed by atoms with van der Waals surface area (Å²) in [6.45, 7) is 8.76. The summed E-state index contributed by atoms with van der Waals surface area (Å²) < 4.78 is 21.0. The van der Waals surface area contributed by atoms with E-state index in [2.05, 4.69) is 15.8 Å². The minimum absolute atomic E-state index is 0.170. The molecule has 1 fully saturated rings. The summed E-state index contributed by atoms with van der Waals surface area (Å²) in [7, 11) is 3.57. The van der Waals surface area contributed by atoms with E-state index in [9.17, 15) is 5.11 Å². The molecule has 5 aromatic rings. The van der Waals surface area contributed by atoms with E-state index in [1.54, 1.807) is 27.2 Å². The van der Waals surface area contributed by atoms with Gasteiger partial charge in [0.1, 0.15) is 33.8 Å². The molecule has 1 N–H and O–H groups in total. The van der Waals surface area contributed by atoms with Crippen molar-refractivity contribution in [2.24, 2.45) is 13.0 Å². The van der Waals surface area contributed by atoms with Crippen molar-refractivity contribution < 1.29 is 19.1 Å². The lowest BCUT2D eigenvalue weighted by atomic mass is 9.88. The molecule has 1 saturated heterocycles. The smallest absolute Gasteiger partial charge is 0.141 e. The average molecular weight is 531 g/mol. The molecule has 0 bridgehead atoms. The Morgan fingerprint density at radius 3 is 2.56 bits per heavy atom. The minimum Gasteiger partial charge on any atom is -0.497 e. The molecule has 0 spiro atoms. The topological polar surface area (TPSA) is 113 Å². The zero-order valence-electron chi connectivity index (χ0n) is 23.2. The third-order valence-corrected chi connectivity index (χ3v) is 7.80. The Morgan fingerprint density at radius 2 is 1.90 bits per heavy atom. The average Bonchev–Trinajstić information content (AvgIpc) is 3.56. The molecule has 204 valence electrons. The van der Waals surface area contributed by atoms with Crippen LogP contribution in [0.15, 0.2) is 35.1 Å². The minimum atomic E-state index is -1.18. The number of pyridine rings is 2. The maximum absolute atomic E-state index is 11.3. The van der Waals surface area contributed by atoms with Gasteiger partial charge in [-0.05, 0) is 58.6 Å². The number of aryl methyl sites for hydroxylation is 3. The Morgan fingerprint density at radius 1 is 1.13 bits per heavy atom. The highest BCUT2D eigenvalue weighted by atomic mass is 16.5. The Hall–Kier alpha value is -3.76. The van der Waals surface area contributed by atoms with E-state index in [1.165, 1.54) is 0 Å². The first-order valence-electron chi connectivity index (χ1n) is 13.3. The van der Waals surface area contributed by atoms with Gasteiger partial charge in [-0.3, -0.25) is 14.6 Å². The molecule has 6 heterocycles. The van der Waals surface area contributed by atoms with Crippen LogP contribution in [0.25, 0.3) is 33.2 Å². The van der Waals surface area contributed by atoms with E-state index in [1.807, 2.05) is 43.9 Å². The number of rotatable bonds is 6. The van der Waals surface area contributed by atoms with Gasteiger partial charge in [0.15, 0.2) is 0 Å². The fourth-order valence-electron chi connectivity index (χ4n) is 6.01. The highest BCUT2D eigenvalue weighted by Crippen LogP contribution is 2.43. The second-order valence-electron chi connectivity index (χ2n) is 10.9. The zero-order chi connectivity index (χ0) is 27.5. The predicted octanol–water partition coefficient (Wildman–Crippen LogP) is 4.84. The van der Waals surface area contributed by atoms with E-state index in [0.717, 1.165) is 68.9 Å². The van der Waals surface area contributed by atoms with Crippen LogP contribution in [0.1, 0.15) is 55.6 Å². The van der Waals surface area contributed by atoms with Gasteiger partial charge in [-0.2, -0.15) is 5.10 Å². The van der Waals surface area contributed by atoms with E-state index in [0.29, 0.717) is 18.9 Å². The van der Waals surface area contributed by atoms with Crippen LogP contribution in [0.4, 0.5) is 0 Å². The second kappa shape index (κ2) is 9.46. The molecule has 1 aliphatic rings. The first kappa shape index (κ1) is 25.5. The summed E-state index contributed by atoms with van der Waals surface area (Å²) in [6.07, 6.45) is 5.40. The molecule has 0 amide bonds. The molecule has 1 aliphatic heterocycles. The van der Waals surface area contributed by atoms with Gasteiger partial charge < -0.3 is 23.7 Å². The largest absolute Gasteiger partial charge is 0.497 e. The molecule has 0 saturated carbocycles. The molecule has 1 atom stereocenters. The monoisotopic (exact) mass is 530 g/mol. The third kappa shape index (κ3) is 4.18. The SMILES string of the molecule is COc1ccnc(C(C2CCOCC2)n2c3cc(-c4c(C)noc4C)cnc3c3c2c(C(C)(C)O)nn3C)c1. The summed E-state index contributed by atoms with van der Waals surface area (Å²) in [5.41, 5.74) is 6.42. The highest BCUT2D eigenvalue weighted by Gasteiger charge is 2.36. The molecule has 10 heteroatoms. The molecular weight excluding hydrogens is 496 g/mol. The third-order valence-electron chi connectivity index (χ3n) is 7.80. The Kier molecular flexibility index (Phi) is 6.19. The van der Waals surface area contributed by atoms with E-state index in [-0.39, 0.29) is 12.0 Å². The van der Waals surface area contributed by atoms with Gasteiger partial charge in [-0.15, -0.1) is 0 Å². The molecule has 39 heavy (non-hydrogen) atoms. The van der Waals surface area contributed by atoms with Crippen molar-refractivity contribution in [3.05, 3.63) is 53.4 Å². The van der Waals surface area contributed by atoms with E-state index < -0.39 is 5.60 Å². The number of aliphatic hydroxyl groups is 1. The fraction of sp³-hybridized carbons (Fsp3) is 0.448. The normalized spacial score (nSPS) is 15.9. The van der Waals surface area contributed by atoms with Gasteiger partial charge in [0.2, 0.25) is 0 Å². The number of nitrogens with zero attached hydrogens (tertiary/aromatic N) is 6. The van der Waals surface area contributed by atoms with Crippen molar-refractivity contribution in [1.29, 1.82) is 0 Å². The summed E-state index contributed by atoms with van der Waals surface area (Å²) >= 11 is 0. The maximum Gasteiger partial charge on any atom is 0.141 e. The fourth-order valence-corrected chi connectivity index (χ4v) is 6.01. The Bertz CT molecular complexity index is 1650. The second-order valence-corrected chi connectivity index (χ2v) is 10.9. The molecule has 1 unspecified atom stereocenters. The van der Waals surface area contributed by atoms with Crippen LogP contribution in [0, 0.1) is 19.8 Å². The van der Waals surface area contributed by atoms with E-state index >= 15 is 0 Å². The first-order chi connectivity index (χ1) is 18.7. The first-order valence-corrected chi connectivity index (χ1v) is 13.3. The van der Waals surface area contributed by atoms with Gasteiger partial charge in [0.05, 0.1) is 35.6 Å². The quantitative estimate of drug-likeness (QED) is 0.332. The van der Waals surface area contributed by atoms with Crippen LogP contribution >= 0.6 is 0 Å². The van der Waals surface area contributed by atoms with Crippen molar-refractivity contribution in [3.8, 4) is 16.9 Å². The van der Waals surface area contributed by atoms with Gasteiger partial charge in [-0.1, -0.05) is 5.16 Å². The van der Waals surface area contributed by atoms with Crippen LogP contribution in [-0.4, -0.2) is 54.9 Å². The van der Waals surface area contributed by atoms with Crippen LogP contribution in [0.5, 0.6) is 5.75 Å². The van der Waals surface area contributed by atoms with Crippen molar-refractivity contribution in [3.63, 3.8) is 0 Å². The summed E-state index contributed by atoms with van der Waals surface area (Å²) in [6, 6.07) is 5.84. The molecule has 0 radical (unpaired) electrons. The molecule has 6 rings (SSSR count). The zero-order valence-corrected chi connectivity index (χ0v) is 23.2. The molecule has 10 nitrogen and oxygen atoms in total. The molecule has 0 aliphatic carbocycles. The number of hydrogen-bond donors (Lipinski definition) is 1. The lowest BCUT2D eigenvalue weighted by Crippen LogP contribution is -2.28. The number of hydrogen-bond acceptors (Lipinski definition) is 8. The highest BCUT2D eigenvalue weighted by molar-refractivity contribution is 6.06. The number of aromatic nitrogens is 6. The standard InChI is InChI=1S/C29H34N6O4/c1-16-23(17(2)39-33-16)19-13-22-24(31-15-19)26-27(28(29(3,4)36)32-34(26)5)35(22)25(18-8-11-38-12-9-18)21-14-20(37-6)7-10-30-21/h7,10,13-15,18,25,36H,8-9,11-12H2,1-6H3.